The van der Waals surface area contributed by atoms with Crippen LogP contribution in [0.25, 0.3) is 0 Å². The van der Waals surface area contributed by atoms with E-state index < -0.39 is 0 Å². The Morgan fingerprint density at radius 2 is 2.05 bits per heavy atom. The molecule has 2 aromatic heterocycles. The first-order valence-electron chi connectivity index (χ1n) is 6.10. The lowest BCUT2D eigenvalue weighted by atomic mass is 10.2. The van der Waals surface area contributed by atoms with Crippen LogP contribution in [0.1, 0.15) is 22.0 Å². The maximum Gasteiger partial charge on any atom is 0.254 e. The first-order valence-corrected chi connectivity index (χ1v) is 6.10. The topological polar surface area (TPSA) is 89.9 Å². The second kappa shape index (κ2) is 4.77. The third-order valence-corrected chi connectivity index (χ3v) is 3.23. The summed E-state index contributed by atoms with van der Waals surface area (Å²) in [6, 6.07) is 3.43. The van der Waals surface area contributed by atoms with Crippen LogP contribution in [0.4, 0.5) is 0 Å². The van der Waals surface area contributed by atoms with E-state index in [-0.39, 0.29) is 5.91 Å². The zero-order valence-corrected chi connectivity index (χ0v) is 10.4. The number of nitrogens with zero attached hydrogens (tertiary/aromatic N) is 5. The predicted octanol–water partition coefficient (Wildman–Crippen LogP) is -0.212. The van der Waals surface area contributed by atoms with Gasteiger partial charge in [0.05, 0.1) is 13.1 Å². The van der Waals surface area contributed by atoms with Crippen LogP contribution in [-0.2, 0) is 19.6 Å². The first-order chi connectivity index (χ1) is 9.29. The average Bonchev–Trinajstić information content (AvgIpc) is 2.89. The molecule has 0 saturated carbocycles. The number of hydrogen-bond acceptors (Lipinski definition) is 5. The Bertz CT molecular complexity index is 594. The Morgan fingerprint density at radius 3 is 2.79 bits per heavy atom. The van der Waals surface area contributed by atoms with Crippen LogP contribution >= 0.6 is 0 Å². The van der Waals surface area contributed by atoms with Crippen LogP contribution in [0.15, 0.2) is 24.5 Å². The van der Waals surface area contributed by atoms with Crippen molar-refractivity contribution in [3.63, 3.8) is 0 Å². The van der Waals surface area contributed by atoms with Crippen LogP contribution in [-0.4, -0.2) is 37.1 Å². The van der Waals surface area contributed by atoms with Gasteiger partial charge in [-0.3, -0.25) is 9.78 Å². The number of rotatable bonds is 2. The van der Waals surface area contributed by atoms with E-state index in [2.05, 4.69) is 15.2 Å². The van der Waals surface area contributed by atoms with Crippen LogP contribution < -0.4 is 5.73 Å². The van der Waals surface area contributed by atoms with Crippen molar-refractivity contribution < 1.29 is 4.79 Å². The number of aromatic nitrogens is 4. The van der Waals surface area contributed by atoms with Gasteiger partial charge in [-0.05, 0) is 12.1 Å². The Balaban J connectivity index is 1.81. The molecule has 2 aromatic rings. The van der Waals surface area contributed by atoms with Gasteiger partial charge in [-0.2, -0.15) is 0 Å². The summed E-state index contributed by atoms with van der Waals surface area (Å²) in [5.41, 5.74) is 6.23. The highest BCUT2D eigenvalue weighted by atomic mass is 16.2. The summed E-state index contributed by atoms with van der Waals surface area (Å²) in [7, 11) is 0. The molecule has 0 saturated heterocycles. The van der Waals surface area contributed by atoms with E-state index in [1.54, 1.807) is 29.4 Å². The molecule has 19 heavy (non-hydrogen) atoms. The van der Waals surface area contributed by atoms with Crippen LogP contribution in [0.2, 0.25) is 0 Å². The third kappa shape index (κ3) is 2.08. The normalized spacial score (nSPS) is 14.3. The molecule has 0 atom stereocenters. The molecule has 0 unspecified atom stereocenters. The highest BCUT2D eigenvalue weighted by molar-refractivity contribution is 5.94. The highest BCUT2D eigenvalue weighted by Gasteiger charge is 2.24. The Kier molecular flexibility index (Phi) is 2.96. The molecule has 0 spiro atoms. The van der Waals surface area contributed by atoms with Crippen LogP contribution in [0, 0.1) is 0 Å². The minimum absolute atomic E-state index is 0.00838. The molecule has 0 radical (unpaired) electrons. The molecule has 7 heteroatoms. The smallest absolute Gasteiger partial charge is 0.254 e. The molecule has 0 bridgehead atoms. The van der Waals surface area contributed by atoms with Crippen molar-refractivity contribution in [3.05, 3.63) is 41.7 Å². The molecule has 2 N–H and O–H groups in total. The quantitative estimate of drug-likeness (QED) is 0.804. The van der Waals surface area contributed by atoms with E-state index in [1.165, 1.54) is 0 Å². The van der Waals surface area contributed by atoms with E-state index in [9.17, 15) is 4.79 Å². The fourth-order valence-corrected chi connectivity index (χ4v) is 2.22. The van der Waals surface area contributed by atoms with Crippen molar-refractivity contribution in [2.75, 3.05) is 6.54 Å². The van der Waals surface area contributed by atoms with Crippen molar-refractivity contribution in [1.82, 2.24) is 24.6 Å². The van der Waals surface area contributed by atoms with Gasteiger partial charge in [0.15, 0.2) is 5.82 Å². The van der Waals surface area contributed by atoms with E-state index >= 15 is 0 Å². The number of amides is 1. The number of carbonyl (C=O) groups is 1. The number of hydrogen-bond donors (Lipinski definition) is 1. The molecule has 3 heterocycles. The molecule has 0 aliphatic carbocycles. The average molecular weight is 258 g/mol. The summed E-state index contributed by atoms with van der Waals surface area (Å²) < 4.78 is 1.98. The first kappa shape index (κ1) is 11.8. The summed E-state index contributed by atoms with van der Waals surface area (Å²) in [6.07, 6.45) is 3.23. The van der Waals surface area contributed by atoms with Gasteiger partial charge in [-0.15, -0.1) is 10.2 Å². The Morgan fingerprint density at radius 1 is 1.26 bits per heavy atom. The van der Waals surface area contributed by atoms with Gasteiger partial charge in [0.1, 0.15) is 5.82 Å². The standard InChI is InChI=1S/C12H14N6O/c13-7-10-15-16-11-8-17(5-6-18(10)11)12(19)9-1-3-14-4-2-9/h1-4H,5-8,13H2. The zero-order valence-electron chi connectivity index (χ0n) is 10.4. The fourth-order valence-electron chi connectivity index (χ4n) is 2.22. The second-order valence-corrected chi connectivity index (χ2v) is 4.35. The zero-order chi connectivity index (χ0) is 13.2. The van der Waals surface area contributed by atoms with Crippen LogP contribution in [0.5, 0.6) is 0 Å². The van der Waals surface area contributed by atoms with Gasteiger partial charge in [0.25, 0.3) is 5.91 Å². The van der Waals surface area contributed by atoms with Gasteiger partial charge in [-0.1, -0.05) is 0 Å². The van der Waals surface area contributed by atoms with Crippen molar-refractivity contribution in [1.29, 1.82) is 0 Å². The van der Waals surface area contributed by atoms with Crippen molar-refractivity contribution in [2.24, 2.45) is 5.73 Å². The molecule has 98 valence electrons. The molecule has 3 rings (SSSR count). The Labute approximate surface area is 110 Å². The number of fused-ring (bicyclic) bond motifs is 1. The third-order valence-electron chi connectivity index (χ3n) is 3.23. The summed E-state index contributed by atoms with van der Waals surface area (Å²) in [4.78, 5) is 18.0. The van der Waals surface area contributed by atoms with Crippen molar-refractivity contribution in [2.45, 2.75) is 19.6 Å². The predicted molar refractivity (Wildman–Crippen MR) is 66.9 cm³/mol. The summed E-state index contributed by atoms with van der Waals surface area (Å²) >= 11 is 0. The minimum atomic E-state index is -0.00838. The molecule has 1 aliphatic rings. The minimum Gasteiger partial charge on any atom is -0.329 e. The van der Waals surface area contributed by atoms with E-state index in [0.29, 0.717) is 31.7 Å². The Hall–Kier alpha value is -2.28. The highest BCUT2D eigenvalue weighted by Crippen LogP contribution is 2.14. The monoisotopic (exact) mass is 258 g/mol. The molecular formula is C12H14N6O. The van der Waals surface area contributed by atoms with Gasteiger partial charge in [0.2, 0.25) is 0 Å². The second-order valence-electron chi connectivity index (χ2n) is 4.35. The van der Waals surface area contributed by atoms with Gasteiger partial charge < -0.3 is 15.2 Å². The fraction of sp³-hybridized carbons (Fsp3) is 0.333. The summed E-state index contributed by atoms with van der Waals surface area (Å²) in [5.74, 6) is 1.55. The van der Waals surface area contributed by atoms with E-state index in [0.717, 1.165) is 11.6 Å². The maximum atomic E-state index is 12.3. The van der Waals surface area contributed by atoms with E-state index in [4.69, 9.17) is 5.73 Å². The van der Waals surface area contributed by atoms with Gasteiger partial charge in [0, 0.05) is 31.0 Å². The molecular weight excluding hydrogens is 244 g/mol. The van der Waals surface area contributed by atoms with E-state index in [1.807, 2.05) is 4.57 Å². The SMILES string of the molecule is NCc1nnc2n1CCN(C(=O)c1ccncc1)C2. The lowest BCUT2D eigenvalue weighted by Crippen LogP contribution is -2.39. The lowest BCUT2D eigenvalue weighted by Gasteiger charge is -2.27. The number of carbonyl (C=O) groups excluding carboxylic acids is 1. The molecule has 1 amide bonds. The number of nitrogens with two attached hydrogens (primary N) is 1. The molecule has 1 aliphatic heterocycles. The molecule has 7 nitrogen and oxygen atoms in total. The number of pyridine rings is 1. The lowest BCUT2D eigenvalue weighted by molar-refractivity contribution is 0.0706. The summed E-state index contributed by atoms with van der Waals surface area (Å²) in [6.45, 7) is 2.16. The van der Waals surface area contributed by atoms with Crippen molar-refractivity contribution in [3.8, 4) is 0 Å². The summed E-state index contributed by atoms with van der Waals surface area (Å²) in [5, 5.41) is 8.10. The largest absolute Gasteiger partial charge is 0.329 e. The molecule has 0 aromatic carbocycles. The maximum absolute atomic E-state index is 12.3. The van der Waals surface area contributed by atoms with Crippen LogP contribution in [0.3, 0.4) is 0 Å². The van der Waals surface area contributed by atoms with Gasteiger partial charge >= 0.3 is 0 Å². The van der Waals surface area contributed by atoms with Crippen molar-refractivity contribution >= 4 is 5.91 Å². The molecule has 0 fully saturated rings. The van der Waals surface area contributed by atoms with Gasteiger partial charge in [-0.25, -0.2) is 0 Å².